The summed E-state index contributed by atoms with van der Waals surface area (Å²) in [6, 6.07) is 17.5. The zero-order chi connectivity index (χ0) is 21.6. The third-order valence-corrected chi connectivity index (χ3v) is 6.56. The minimum absolute atomic E-state index is 0.0587. The third-order valence-electron chi connectivity index (χ3n) is 4.03. The maximum Gasteiger partial charge on any atom is 0.316 e. The molecule has 158 valence electrons. The van der Waals surface area contributed by atoms with Crippen LogP contribution in [0.1, 0.15) is 19.7 Å². The fraction of sp³-hybridized carbons (Fsp3) is 0.286. The van der Waals surface area contributed by atoms with Crippen LogP contribution in [0.15, 0.2) is 70.7 Å². The predicted octanol–water partition coefficient (Wildman–Crippen LogP) is 3.53. The van der Waals surface area contributed by atoms with Crippen molar-refractivity contribution in [3.05, 3.63) is 66.5 Å². The number of aromatic nitrogens is 3. The summed E-state index contributed by atoms with van der Waals surface area (Å²) < 4.78 is 32.6. The number of ether oxygens (including phenoxy) is 1. The molecule has 0 bridgehead atoms. The van der Waals surface area contributed by atoms with Crippen LogP contribution in [0.4, 0.5) is 0 Å². The van der Waals surface area contributed by atoms with Crippen LogP contribution in [0.25, 0.3) is 5.69 Å². The van der Waals surface area contributed by atoms with Crippen LogP contribution in [-0.4, -0.2) is 41.5 Å². The molecular formula is C21H23N3O4S2. The number of thioether (sulfide) groups is 1. The van der Waals surface area contributed by atoms with E-state index in [0.717, 1.165) is 17.4 Å². The summed E-state index contributed by atoms with van der Waals surface area (Å²) in [7, 11) is -3.60. The number of rotatable bonds is 9. The van der Waals surface area contributed by atoms with Crippen molar-refractivity contribution >= 4 is 27.6 Å². The Morgan fingerprint density at radius 2 is 1.67 bits per heavy atom. The van der Waals surface area contributed by atoms with E-state index in [9.17, 15) is 13.2 Å². The second-order valence-electron chi connectivity index (χ2n) is 7.01. The van der Waals surface area contributed by atoms with Crippen molar-refractivity contribution in [1.29, 1.82) is 0 Å². The Kier molecular flexibility index (Phi) is 7.28. The van der Waals surface area contributed by atoms with Gasteiger partial charge in [0, 0.05) is 5.69 Å². The summed E-state index contributed by atoms with van der Waals surface area (Å²) in [5, 5.41) is 8.69. The molecule has 0 radical (unpaired) electrons. The molecule has 0 fully saturated rings. The van der Waals surface area contributed by atoms with Crippen molar-refractivity contribution in [2.75, 3.05) is 12.4 Å². The van der Waals surface area contributed by atoms with Crippen molar-refractivity contribution in [1.82, 2.24) is 14.8 Å². The van der Waals surface area contributed by atoms with Crippen molar-refractivity contribution in [2.24, 2.45) is 5.92 Å². The lowest BCUT2D eigenvalue weighted by Gasteiger charge is -2.11. The first-order chi connectivity index (χ1) is 14.4. The lowest BCUT2D eigenvalue weighted by molar-refractivity contribution is -0.141. The molecule has 1 heterocycles. The molecule has 0 saturated heterocycles. The topological polar surface area (TPSA) is 91.2 Å². The Labute approximate surface area is 180 Å². The number of sulfone groups is 1. The SMILES string of the molecule is CC(C)COC(=O)CSc1nnc(CS(=O)(=O)c2ccccc2)n1-c1ccccc1. The van der Waals surface area contributed by atoms with Gasteiger partial charge in [0.25, 0.3) is 0 Å². The standard InChI is InChI=1S/C21H23N3O4S2/c1-16(2)13-28-20(25)14-29-21-23-22-19(24(21)17-9-5-3-6-10-17)15-30(26,27)18-11-7-4-8-12-18/h3-12,16H,13-15H2,1-2H3. The monoisotopic (exact) mass is 445 g/mol. The molecule has 0 aliphatic carbocycles. The minimum Gasteiger partial charge on any atom is -0.465 e. The number of para-hydroxylation sites is 1. The number of nitrogens with zero attached hydrogens (tertiary/aromatic N) is 3. The Hall–Kier alpha value is -2.65. The molecule has 0 spiro atoms. The normalized spacial score (nSPS) is 11.6. The number of hydrogen-bond donors (Lipinski definition) is 0. The van der Waals surface area contributed by atoms with E-state index in [-0.39, 0.29) is 34.1 Å². The van der Waals surface area contributed by atoms with Gasteiger partial charge in [0.15, 0.2) is 20.8 Å². The maximum atomic E-state index is 12.8. The first kappa shape index (κ1) is 22.0. The second-order valence-corrected chi connectivity index (χ2v) is 9.94. The molecule has 0 saturated carbocycles. The summed E-state index contributed by atoms with van der Waals surface area (Å²) in [5.74, 6) is -0.0694. The van der Waals surface area contributed by atoms with E-state index in [1.54, 1.807) is 34.9 Å². The largest absolute Gasteiger partial charge is 0.465 e. The van der Waals surface area contributed by atoms with Crippen LogP contribution in [0.5, 0.6) is 0 Å². The molecule has 1 aromatic heterocycles. The van der Waals surface area contributed by atoms with Gasteiger partial charge in [-0.15, -0.1) is 10.2 Å². The van der Waals surface area contributed by atoms with Crippen molar-refractivity contribution in [3.8, 4) is 5.69 Å². The van der Waals surface area contributed by atoms with Gasteiger partial charge in [-0.2, -0.15) is 0 Å². The number of esters is 1. The van der Waals surface area contributed by atoms with Crippen LogP contribution in [-0.2, 0) is 25.1 Å². The van der Waals surface area contributed by atoms with Crippen molar-refractivity contribution in [2.45, 2.75) is 29.7 Å². The van der Waals surface area contributed by atoms with Crippen LogP contribution in [0.3, 0.4) is 0 Å². The molecule has 0 aliphatic heterocycles. The highest BCUT2D eigenvalue weighted by molar-refractivity contribution is 7.99. The van der Waals surface area contributed by atoms with Gasteiger partial charge in [0.05, 0.1) is 17.3 Å². The highest BCUT2D eigenvalue weighted by Gasteiger charge is 2.23. The van der Waals surface area contributed by atoms with Gasteiger partial charge in [-0.3, -0.25) is 9.36 Å². The van der Waals surface area contributed by atoms with Crippen LogP contribution >= 0.6 is 11.8 Å². The lowest BCUT2D eigenvalue weighted by Crippen LogP contribution is -2.13. The van der Waals surface area contributed by atoms with E-state index in [1.165, 1.54) is 0 Å². The zero-order valence-electron chi connectivity index (χ0n) is 16.8. The molecular weight excluding hydrogens is 422 g/mol. The van der Waals surface area contributed by atoms with Crippen LogP contribution in [0.2, 0.25) is 0 Å². The van der Waals surface area contributed by atoms with E-state index >= 15 is 0 Å². The van der Waals surface area contributed by atoms with Gasteiger partial charge in [0.1, 0.15) is 5.75 Å². The summed E-state index contributed by atoms with van der Waals surface area (Å²) in [6.45, 7) is 4.28. The predicted molar refractivity (Wildman–Crippen MR) is 115 cm³/mol. The molecule has 0 amide bonds. The summed E-state index contributed by atoms with van der Waals surface area (Å²) in [6.07, 6.45) is 0. The Bertz CT molecular complexity index is 1080. The molecule has 0 unspecified atom stereocenters. The second kappa shape index (κ2) is 9.90. The maximum absolute atomic E-state index is 12.8. The van der Waals surface area contributed by atoms with E-state index in [2.05, 4.69) is 10.2 Å². The van der Waals surface area contributed by atoms with Gasteiger partial charge in [-0.05, 0) is 30.2 Å². The Balaban J connectivity index is 1.87. The van der Waals surface area contributed by atoms with Crippen molar-refractivity contribution in [3.63, 3.8) is 0 Å². The first-order valence-electron chi connectivity index (χ1n) is 9.43. The Morgan fingerprint density at radius 3 is 2.30 bits per heavy atom. The van der Waals surface area contributed by atoms with Gasteiger partial charge in [-0.25, -0.2) is 8.42 Å². The average molecular weight is 446 g/mol. The fourth-order valence-corrected chi connectivity index (χ4v) is 4.66. The molecule has 30 heavy (non-hydrogen) atoms. The number of benzene rings is 2. The number of carbonyl (C=O) groups is 1. The van der Waals surface area contributed by atoms with Crippen LogP contribution in [0, 0.1) is 5.92 Å². The smallest absolute Gasteiger partial charge is 0.316 e. The molecule has 3 aromatic rings. The van der Waals surface area contributed by atoms with E-state index in [0.29, 0.717) is 11.8 Å². The third kappa shape index (κ3) is 5.70. The van der Waals surface area contributed by atoms with Crippen molar-refractivity contribution < 1.29 is 17.9 Å². The molecule has 0 atom stereocenters. The molecule has 9 heteroatoms. The highest BCUT2D eigenvalue weighted by Crippen LogP contribution is 2.25. The minimum atomic E-state index is -3.60. The molecule has 3 rings (SSSR count). The van der Waals surface area contributed by atoms with E-state index < -0.39 is 9.84 Å². The quantitative estimate of drug-likeness (QED) is 0.367. The molecule has 7 nitrogen and oxygen atoms in total. The van der Waals surface area contributed by atoms with Gasteiger partial charge in [0.2, 0.25) is 0 Å². The summed E-state index contributed by atoms with van der Waals surface area (Å²) in [4.78, 5) is 12.2. The number of hydrogen-bond acceptors (Lipinski definition) is 7. The fourth-order valence-electron chi connectivity index (χ4n) is 2.63. The zero-order valence-corrected chi connectivity index (χ0v) is 18.4. The van der Waals surface area contributed by atoms with Gasteiger partial charge < -0.3 is 4.74 Å². The van der Waals surface area contributed by atoms with Crippen LogP contribution < -0.4 is 0 Å². The number of carbonyl (C=O) groups excluding carboxylic acids is 1. The van der Waals surface area contributed by atoms with Gasteiger partial charge in [-0.1, -0.05) is 62.0 Å². The van der Waals surface area contributed by atoms with E-state index in [1.807, 2.05) is 44.2 Å². The first-order valence-corrected chi connectivity index (χ1v) is 12.1. The highest BCUT2D eigenvalue weighted by atomic mass is 32.2. The van der Waals surface area contributed by atoms with E-state index in [4.69, 9.17) is 4.74 Å². The molecule has 0 aliphatic rings. The molecule has 2 aromatic carbocycles. The van der Waals surface area contributed by atoms with Gasteiger partial charge >= 0.3 is 5.97 Å². The molecule has 0 N–H and O–H groups in total. The average Bonchev–Trinajstić information content (AvgIpc) is 3.13. The lowest BCUT2D eigenvalue weighted by atomic mass is 10.2. The summed E-state index contributed by atoms with van der Waals surface area (Å²) >= 11 is 1.16. The Morgan fingerprint density at radius 1 is 1.03 bits per heavy atom. The summed E-state index contributed by atoms with van der Waals surface area (Å²) in [5.41, 5.74) is 0.721.